The van der Waals surface area contributed by atoms with Gasteiger partial charge in [0.05, 0.1) is 18.7 Å². The molecule has 1 N–H and O–H groups in total. The van der Waals surface area contributed by atoms with E-state index >= 15 is 0 Å². The minimum atomic E-state index is -1.93. The van der Waals surface area contributed by atoms with Crippen molar-refractivity contribution in [2.45, 2.75) is 18.6 Å². The number of benzene rings is 3. The highest BCUT2D eigenvalue weighted by Gasteiger charge is 2.51. The molecule has 4 nitrogen and oxygen atoms in total. The molecule has 1 amide bonds. The average Bonchev–Trinajstić information content (AvgIpc) is 2.91. The van der Waals surface area contributed by atoms with Gasteiger partial charge in [-0.05, 0) is 42.0 Å². The van der Waals surface area contributed by atoms with Crippen molar-refractivity contribution < 1.29 is 14.7 Å². The number of nitrogens with zero attached hydrogens (tertiary/aromatic N) is 1. The third kappa shape index (κ3) is 3.91. The lowest BCUT2D eigenvalue weighted by molar-refractivity contribution is -0.136. The zero-order valence-electron chi connectivity index (χ0n) is 15.6. The smallest absolute Gasteiger partial charge is 0.264 e. The first kappa shape index (κ1) is 21.4. The van der Waals surface area contributed by atoms with Crippen molar-refractivity contribution in [1.29, 1.82) is 0 Å². The SMILES string of the molecule is O=C(CC1(O)C(=O)N(Cc2ccccc2Br)c2ccc(Br)cc21)c1ccc(Br)cc1. The van der Waals surface area contributed by atoms with E-state index in [1.54, 1.807) is 36.4 Å². The Kier molecular flexibility index (Phi) is 5.99. The van der Waals surface area contributed by atoms with Gasteiger partial charge in [-0.2, -0.15) is 0 Å². The maximum atomic E-state index is 13.4. The number of amides is 1. The maximum Gasteiger partial charge on any atom is 0.264 e. The molecule has 1 heterocycles. The lowest BCUT2D eigenvalue weighted by Gasteiger charge is -2.23. The summed E-state index contributed by atoms with van der Waals surface area (Å²) in [6, 6.07) is 19.8. The topological polar surface area (TPSA) is 57.6 Å². The van der Waals surface area contributed by atoms with Crippen LogP contribution in [0.25, 0.3) is 0 Å². The second-order valence-electron chi connectivity index (χ2n) is 7.11. The van der Waals surface area contributed by atoms with Crippen LogP contribution in [0.3, 0.4) is 0 Å². The standard InChI is InChI=1S/C23H16Br3NO3/c24-16-7-5-14(6-8-16)21(28)12-23(30)18-11-17(25)9-10-20(18)27(22(23)29)13-15-3-1-2-4-19(15)26/h1-11,30H,12-13H2. The van der Waals surface area contributed by atoms with Crippen molar-refractivity contribution >= 4 is 65.2 Å². The van der Waals surface area contributed by atoms with Gasteiger partial charge in [0.1, 0.15) is 0 Å². The van der Waals surface area contributed by atoms with E-state index < -0.39 is 11.5 Å². The summed E-state index contributed by atoms with van der Waals surface area (Å²) in [6.45, 7) is 0.281. The van der Waals surface area contributed by atoms with Crippen molar-refractivity contribution in [2.75, 3.05) is 4.90 Å². The zero-order chi connectivity index (χ0) is 21.5. The first-order valence-corrected chi connectivity index (χ1v) is 11.5. The van der Waals surface area contributed by atoms with Gasteiger partial charge in [0.2, 0.25) is 0 Å². The number of fused-ring (bicyclic) bond motifs is 1. The fourth-order valence-electron chi connectivity index (χ4n) is 3.62. The van der Waals surface area contributed by atoms with E-state index in [0.29, 0.717) is 16.8 Å². The summed E-state index contributed by atoms with van der Waals surface area (Å²) in [5.74, 6) is -0.802. The average molecular weight is 594 g/mol. The molecule has 1 atom stereocenters. The van der Waals surface area contributed by atoms with Gasteiger partial charge in [-0.25, -0.2) is 0 Å². The van der Waals surface area contributed by atoms with Crippen LogP contribution < -0.4 is 4.90 Å². The molecule has 0 bridgehead atoms. The highest BCUT2D eigenvalue weighted by Crippen LogP contribution is 2.45. The molecular formula is C23H16Br3NO3. The molecule has 0 saturated heterocycles. The van der Waals surface area contributed by atoms with E-state index in [-0.39, 0.29) is 18.7 Å². The van der Waals surface area contributed by atoms with Gasteiger partial charge >= 0.3 is 0 Å². The van der Waals surface area contributed by atoms with Crippen molar-refractivity contribution in [3.63, 3.8) is 0 Å². The highest BCUT2D eigenvalue weighted by atomic mass is 79.9. The van der Waals surface area contributed by atoms with Crippen molar-refractivity contribution in [3.8, 4) is 0 Å². The number of ketones is 1. The molecule has 1 aliphatic rings. The largest absolute Gasteiger partial charge is 0.375 e. The maximum absolute atomic E-state index is 13.4. The van der Waals surface area contributed by atoms with E-state index in [9.17, 15) is 14.7 Å². The van der Waals surface area contributed by atoms with Gasteiger partial charge in [0.15, 0.2) is 11.4 Å². The fraction of sp³-hybridized carbons (Fsp3) is 0.130. The molecule has 152 valence electrons. The molecule has 0 aromatic heterocycles. The number of carbonyl (C=O) groups excluding carboxylic acids is 2. The molecular weight excluding hydrogens is 578 g/mol. The van der Waals surface area contributed by atoms with Crippen molar-refractivity contribution in [2.24, 2.45) is 0 Å². The Hall–Kier alpha value is -1.80. The van der Waals surface area contributed by atoms with Crippen LogP contribution >= 0.6 is 47.8 Å². The summed E-state index contributed by atoms with van der Waals surface area (Å²) in [4.78, 5) is 27.9. The Bertz CT molecular complexity index is 1150. The third-order valence-electron chi connectivity index (χ3n) is 5.16. The summed E-state index contributed by atoms with van der Waals surface area (Å²) < 4.78 is 2.45. The van der Waals surface area contributed by atoms with Gasteiger partial charge in [0, 0.05) is 24.5 Å². The molecule has 3 aromatic carbocycles. The molecule has 1 unspecified atom stereocenters. The first-order valence-electron chi connectivity index (χ1n) is 9.16. The molecule has 1 aliphatic heterocycles. The number of carbonyl (C=O) groups is 2. The van der Waals surface area contributed by atoms with E-state index in [2.05, 4.69) is 47.8 Å². The highest BCUT2D eigenvalue weighted by molar-refractivity contribution is 9.11. The summed E-state index contributed by atoms with van der Waals surface area (Å²) in [5.41, 5.74) is 0.456. The lowest BCUT2D eigenvalue weighted by Crippen LogP contribution is -2.41. The number of rotatable bonds is 5. The van der Waals surface area contributed by atoms with E-state index in [1.807, 2.05) is 30.3 Å². The molecule has 7 heteroatoms. The Morgan fingerprint density at radius 1 is 0.933 bits per heavy atom. The van der Waals surface area contributed by atoms with Gasteiger partial charge < -0.3 is 10.0 Å². The van der Waals surface area contributed by atoms with Crippen LogP contribution in [0.15, 0.2) is 80.1 Å². The number of anilines is 1. The number of hydrogen-bond acceptors (Lipinski definition) is 3. The summed E-state index contributed by atoms with van der Waals surface area (Å²) >= 11 is 10.3. The summed E-state index contributed by atoms with van der Waals surface area (Å²) in [7, 11) is 0. The second kappa shape index (κ2) is 8.38. The minimum absolute atomic E-state index is 0.281. The molecule has 0 radical (unpaired) electrons. The summed E-state index contributed by atoms with van der Waals surface area (Å²) in [5, 5.41) is 11.5. The molecule has 3 aromatic rings. The third-order valence-corrected chi connectivity index (χ3v) is 6.96. The normalized spacial score (nSPS) is 17.9. The Labute approximate surface area is 199 Å². The molecule has 30 heavy (non-hydrogen) atoms. The van der Waals surface area contributed by atoms with Crippen LogP contribution in [0.1, 0.15) is 27.9 Å². The molecule has 4 rings (SSSR count). The fourth-order valence-corrected chi connectivity index (χ4v) is 4.65. The van der Waals surface area contributed by atoms with Crippen LogP contribution in [-0.4, -0.2) is 16.8 Å². The van der Waals surface area contributed by atoms with Gasteiger partial charge in [-0.15, -0.1) is 0 Å². The number of hydrogen-bond donors (Lipinski definition) is 1. The molecule has 0 aliphatic carbocycles. The van der Waals surface area contributed by atoms with Gasteiger partial charge in [-0.3, -0.25) is 9.59 Å². The van der Waals surface area contributed by atoms with Crippen LogP contribution in [0.4, 0.5) is 5.69 Å². The Morgan fingerprint density at radius 3 is 2.30 bits per heavy atom. The van der Waals surface area contributed by atoms with E-state index in [4.69, 9.17) is 0 Å². The van der Waals surface area contributed by atoms with Crippen LogP contribution in [-0.2, 0) is 16.9 Å². The number of aliphatic hydroxyl groups is 1. The Morgan fingerprint density at radius 2 is 1.60 bits per heavy atom. The second-order valence-corrected chi connectivity index (χ2v) is 9.80. The quantitative estimate of drug-likeness (QED) is 0.370. The van der Waals surface area contributed by atoms with Gasteiger partial charge in [0.25, 0.3) is 5.91 Å². The number of Topliss-reactive ketones (excluding diaryl/α,β-unsaturated/α-hetero) is 1. The van der Waals surface area contributed by atoms with E-state index in [0.717, 1.165) is 19.0 Å². The molecule has 0 spiro atoms. The predicted octanol–water partition coefficient (Wildman–Crippen LogP) is 5.98. The molecule has 0 fully saturated rings. The molecule has 0 saturated carbocycles. The van der Waals surface area contributed by atoms with E-state index in [1.165, 1.54) is 4.90 Å². The lowest BCUT2D eigenvalue weighted by atomic mass is 9.88. The summed E-state index contributed by atoms with van der Waals surface area (Å²) in [6.07, 6.45) is -0.330. The zero-order valence-corrected chi connectivity index (χ0v) is 20.4. The minimum Gasteiger partial charge on any atom is -0.375 e. The van der Waals surface area contributed by atoms with Gasteiger partial charge in [-0.1, -0.05) is 78.1 Å². The van der Waals surface area contributed by atoms with Crippen molar-refractivity contribution in [1.82, 2.24) is 0 Å². The first-order chi connectivity index (χ1) is 14.3. The van der Waals surface area contributed by atoms with Crippen molar-refractivity contribution in [3.05, 3.63) is 96.8 Å². The Balaban J connectivity index is 1.72. The van der Waals surface area contributed by atoms with Crippen LogP contribution in [0, 0.1) is 0 Å². The monoisotopic (exact) mass is 591 g/mol. The van der Waals surface area contributed by atoms with Crippen LogP contribution in [0.2, 0.25) is 0 Å². The predicted molar refractivity (Wildman–Crippen MR) is 126 cm³/mol. The number of halogens is 3. The van der Waals surface area contributed by atoms with Crippen LogP contribution in [0.5, 0.6) is 0 Å².